The number of hydrazone groups is 2. The van der Waals surface area contributed by atoms with Crippen LogP contribution in [0.2, 0.25) is 0 Å². The van der Waals surface area contributed by atoms with Crippen molar-refractivity contribution < 1.29 is 18.9 Å². The van der Waals surface area contributed by atoms with Crippen molar-refractivity contribution >= 4 is 23.1 Å². The summed E-state index contributed by atoms with van der Waals surface area (Å²) >= 11 is 0. The molecule has 0 amide bonds. The molecule has 0 radical (unpaired) electrons. The number of aliphatic imine (C=N–C) groups is 2. The topological polar surface area (TPSA) is 110 Å². The quantitative estimate of drug-likeness (QED) is 0.389. The Morgan fingerprint density at radius 3 is 1.27 bits per heavy atom. The molecule has 0 saturated carbocycles. The molecule has 4 rings (SSSR count). The van der Waals surface area contributed by atoms with Gasteiger partial charge in [-0.25, -0.2) is 0 Å². The van der Waals surface area contributed by atoms with Gasteiger partial charge in [-0.05, 0) is 89.8 Å². The third-order valence-electron chi connectivity index (χ3n) is 6.99. The fourth-order valence-electron chi connectivity index (χ4n) is 4.92. The summed E-state index contributed by atoms with van der Waals surface area (Å²) in [6, 6.07) is 7.89. The fourth-order valence-corrected chi connectivity index (χ4v) is 4.92. The number of amidine groups is 2. The van der Waals surface area contributed by atoms with Crippen molar-refractivity contribution in [1.29, 1.82) is 0 Å². The molecule has 2 aromatic carbocycles. The number of fused-ring (bicyclic) bond motifs is 2. The van der Waals surface area contributed by atoms with Gasteiger partial charge in [0.1, 0.15) is 11.7 Å². The molecule has 0 spiro atoms. The van der Waals surface area contributed by atoms with Crippen LogP contribution in [-0.4, -0.2) is 62.6 Å². The molecule has 0 bridgehead atoms. The van der Waals surface area contributed by atoms with Gasteiger partial charge in [0.15, 0.2) is 23.0 Å². The zero-order valence-electron chi connectivity index (χ0n) is 25.1. The molecule has 0 unspecified atom stereocenters. The van der Waals surface area contributed by atoms with Gasteiger partial charge in [0.05, 0.1) is 50.9 Å². The molecule has 214 valence electrons. The summed E-state index contributed by atoms with van der Waals surface area (Å²) in [7, 11) is 6.53. The van der Waals surface area contributed by atoms with Crippen molar-refractivity contribution in [2.24, 2.45) is 20.2 Å². The van der Waals surface area contributed by atoms with E-state index in [9.17, 15) is 0 Å². The van der Waals surface area contributed by atoms with Crippen molar-refractivity contribution in [2.45, 2.75) is 65.5 Å². The van der Waals surface area contributed by atoms with Crippen molar-refractivity contribution in [3.05, 3.63) is 46.5 Å². The Hall–Kier alpha value is -4.08. The molecule has 2 N–H and O–H groups in total. The average molecular weight is 549 g/mol. The molecule has 2 aliphatic rings. The second-order valence-corrected chi connectivity index (χ2v) is 11.2. The molecule has 2 aromatic rings. The Labute approximate surface area is 236 Å². The van der Waals surface area contributed by atoms with Gasteiger partial charge in [-0.15, -0.1) is 0 Å². The lowest BCUT2D eigenvalue weighted by Gasteiger charge is -2.29. The second-order valence-electron chi connectivity index (χ2n) is 11.2. The Balaban J connectivity index is 1.59. The molecule has 10 nitrogen and oxygen atoms in total. The summed E-state index contributed by atoms with van der Waals surface area (Å²) in [4.78, 5) is 9.83. The molecule has 2 aliphatic heterocycles. The molecular weight excluding hydrogens is 508 g/mol. The van der Waals surface area contributed by atoms with Crippen LogP contribution in [0.5, 0.6) is 23.0 Å². The number of methoxy groups -OCH3 is 4. The van der Waals surface area contributed by atoms with E-state index in [1.807, 2.05) is 38.1 Å². The highest BCUT2D eigenvalue weighted by molar-refractivity contribution is 6.40. The van der Waals surface area contributed by atoms with E-state index in [2.05, 4.69) is 48.7 Å². The average Bonchev–Trinajstić information content (AvgIpc) is 2.91. The van der Waals surface area contributed by atoms with Gasteiger partial charge in [0, 0.05) is 11.1 Å². The fraction of sp³-hybridized carbons (Fsp3) is 0.467. The molecule has 0 fully saturated rings. The van der Waals surface area contributed by atoms with Gasteiger partial charge in [0.2, 0.25) is 0 Å². The highest BCUT2D eigenvalue weighted by Crippen LogP contribution is 2.37. The van der Waals surface area contributed by atoms with Crippen LogP contribution in [0, 0.1) is 0 Å². The minimum absolute atomic E-state index is 0.299. The van der Waals surface area contributed by atoms with Gasteiger partial charge in [0.25, 0.3) is 0 Å². The number of benzene rings is 2. The number of ether oxygens (including phenoxy) is 4. The summed E-state index contributed by atoms with van der Waals surface area (Å²) in [5.74, 6) is 4.01. The van der Waals surface area contributed by atoms with E-state index >= 15 is 0 Å². The van der Waals surface area contributed by atoms with Crippen LogP contribution in [0.1, 0.15) is 63.8 Å². The van der Waals surface area contributed by atoms with E-state index < -0.39 is 0 Å². The Kier molecular flexibility index (Phi) is 8.09. The SMILES string of the molecule is COc1cc2c(cc1OC)C(NN=C(C)C(C)=NNC1=NC(C)(C)Cc3cc(OC)c(OC)cc31)=NC(C)(C)C2. The normalized spacial score (nSPS) is 17.6. The highest BCUT2D eigenvalue weighted by Gasteiger charge is 2.30. The van der Waals surface area contributed by atoms with E-state index in [0.717, 1.165) is 35.1 Å². The number of nitrogens with one attached hydrogen (secondary N) is 2. The van der Waals surface area contributed by atoms with Crippen LogP contribution in [0.4, 0.5) is 0 Å². The van der Waals surface area contributed by atoms with Crippen molar-refractivity contribution in [2.75, 3.05) is 28.4 Å². The van der Waals surface area contributed by atoms with Crippen molar-refractivity contribution in [3.63, 3.8) is 0 Å². The number of nitrogens with zero attached hydrogens (tertiary/aromatic N) is 4. The first-order chi connectivity index (χ1) is 18.9. The summed E-state index contributed by atoms with van der Waals surface area (Å²) < 4.78 is 22.1. The van der Waals surface area contributed by atoms with Crippen LogP contribution in [0.25, 0.3) is 0 Å². The summed E-state index contributed by atoms with van der Waals surface area (Å²) in [5, 5.41) is 9.23. The first-order valence-corrected chi connectivity index (χ1v) is 13.2. The molecule has 2 heterocycles. The molecule has 0 atom stereocenters. The smallest absolute Gasteiger partial charge is 0.161 e. The maximum atomic E-state index is 5.53. The van der Waals surface area contributed by atoms with Crippen LogP contribution in [0.3, 0.4) is 0 Å². The Morgan fingerprint density at radius 2 is 0.950 bits per heavy atom. The molecule has 0 saturated heterocycles. The predicted octanol–water partition coefficient (Wildman–Crippen LogP) is 4.51. The van der Waals surface area contributed by atoms with Gasteiger partial charge in [-0.3, -0.25) is 20.8 Å². The van der Waals surface area contributed by atoms with E-state index in [1.54, 1.807) is 28.4 Å². The minimum Gasteiger partial charge on any atom is -0.493 e. The van der Waals surface area contributed by atoms with E-state index in [0.29, 0.717) is 46.1 Å². The number of hydrogen-bond donors (Lipinski definition) is 2. The lowest BCUT2D eigenvalue weighted by atomic mass is 9.88. The Bertz CT molecular complexity index is 1310. The minimum atomic E-state index is -0.299. The standard InChI is InChI=1S/C30H40N6O4/c1-17(33-35-27-21-13-25(39-9)23(37-7)11-19(21)15-29(3,4)31-27)18(2)34-36-28-22-14-26(40-10)24(38-8)12-20(22)16-30(5,6)32-28/h11-14H,15-16H2,1-10H3,(H,31,35)(H,32,36). The molecule has 0 aromatic heterocycles. The zero-order chi connectivity index (χ0) is 29.2. The zero-order valence-corrected chi connectivity index (χ0v) is 25.1. The van der Waals surface area contributed by atoms with Crippen LogP contribution >= 0.6 is 0 Å². The summed E-state index contributed by atoms with van der Waals surface area (Å²) in [5.41, 5.74) is 11.2. The first-order valence-electron chi connectivity index (χ1n) is 13.2. The summed E-state index contributed by atoms with van der Waals surface area (Å²) in [6.45, 7) is 12.2. The predicted molar refractivity (Wildman–Crippen MR) is 160 cm³/mol. The van der Waals surface area contributed by atoms with Gasteiger partial charge >= 0.3 is 0 Å². The van der Waals surface area contributed by atoms with Crippen LogP contribution in [-0.2, 0) is 12.8 Å². The van der Waals surface area contributed by atoms with Gasteiger partial charge < -0.3 is 18.9 Å². The van der Waals surface area contributed by atoms with Crippen molar-refractivity contribution in [3.8, 4) is 23.0 Å². The van der Waals surface area contributed by atoms with E-state index in [1.165, 1.54) is 0 Å². The Morgan fingerprint density at radius 1 is 0.625 bits per heavy atom. The second kappa shape index (κ2) is 11.2. The largest absolute Gasteiger partial charge is 0.493 e. The monoisotopic (exact) mass is 548 g/mol. The van der Waals surface area contributed by atoms with E-state index in [4.69, 9.17) is 28.9 Å². The molecule has 40 heavy (non-hydrogen) atoms. The van der Waals surface area contributed by atoms with Gasteiger partial charge in [-0.2, -0.15) is 10.2 Å². The third kappa shape index (κ3) is 6.05. The van der Waals surface area contributed by atoms with Crippen LogP contribution in [0.15, 0.2) is 44.5 Å². The summed E-state index contributed by atoms with van der Waals surface area (Å²) in [6.07, 6.45) is 1.55. The maximum Gasteiger partial charge on any atom is 0.161 e. The molecule has 0 aliphatic carbocycles. The lowest BCUT2D eigenvalue weighted by Crippen LogP contribution is -2.35. The number of rotatable bonds is 7. The maximum absolute atomic E-state index is 5.53. The van der Waals surface area contributed by atoms with E-state index in [-0.39, 0.29) is 11.1 Å². The van der Waals surface area contributed by atoms with Gasteiger partial charge in [-0.1, -0.05) is 0 Å². The third-order valence-corrected chi connectivity index (χ3v) is 6.99. The first kappa shape index (κ1) is 28.9. The van der Waals surface area contributed by atoms with Crippen molar-refractivity contribution in [1.82, 2.24) is 10.9 Å². The molecular formula is C30H40N6O4. The van der Waals surface area contributed by atoms with Crippen LogP contribution < -0.4 is 29.8 Å². The highest BCUT2D eigenvalue weighted by atomic mass is 16.5. The molecule has 10 heteroatoms. The lowest BCUT2D eigenvalue weighted by molar-refractivity contribution is 0.353. The number of hydrogen-bond acceptors (Lipinski definition) is 10.